The Kier molecular flexibility index (Phi) is 10.5. The molecule has 0 unspecified atom stereocenters. The van der Waals surface area contributed by atoms with E-state index in [-0.39, 0.29) is 29.8 Å². The van der Waals surface area contributed by atoms with Crippen molar-refractivity contribution >= 4 is 27.5 Å². The van der Waals surface area contributed by atoms with E-state index >= 15 is 0 Å². The molecule has 0 radical (unpaired) electrons. The van der Waals surface area contributed by atoms with Crippen LogP contribution in [-0.4, -0.2) is 43.8 Å². The van der Waals surface area contributed by atoms with Crippen LogP contribution in [0.5, 0.6) is 0 Å². The third-order valence-electron chi connectivity index (χ3n) is 8.48. The zero-order valence-electron chi connectivity index (χ0n) is 26.2. The van der Waals surface area contributed by atoms with E-state index in [0.29, 0.717) is 16.8 Å². The number of anilines is 1. The van der Waals surface area contributed by atoms with Crippen LogP contribution in [-0.2, 0) is 32.6 Å². The van der Waals surface area contributed by atoms with Crippen molar-refractivity contribution in [1.82, 2.24) is 10.2 Å². The van der Waals surface area contributed by atoms with Gasteiger partial charge in [0, 0.05) is 19.0 Å². The second-order valence-electron chi connectivity index (χ2n) is 12.0. The molecule has 0 bridgehead atoms. The number of carbonyl (C=O) groups is 2. The second-order valence-corrected chi connectivity index (χ2v) is 13.8. The molecular weight excluding hydrogens is 601 g/mol. The number of hydrogen-bond acceptors (Lipinski definition) is 4. The number of benzene rings is 4. The summed E-state index contributed by atoms with van der Waals surface area (Å²) in [6.45, 7) is 3.11. The van der Waals surface area contributed by atoms with Gasteiger partial charge in [0.25, 0.3) is 10.0 Å². The Labute approximate surface area is 271 Å². The summed E-state index contributed by atoms with van der Waals surface area (Å²) in [5.41, 5.74) is 3.37. The second kappa shape index (κ2) is 14.7. The number of aryl methyl sites for hydroxylation is 2. The molecule has 0 aliphatic heterocycles. The summed E-state index contributed by atoms with van der Waals surface area (Å²) in [6.07, 6.45) is 4.00. The lowest BCUT2D eigenvalue weighted by Gasteiger charge is -2.34. The van der Waals surface area contributed by atoms with Crippen LogP contribution in [0.3, 0.4) is 0 Å². The molecular formula is C37H40FN3O4S. The summed E-state index contributed by atoms with van der Waals surface area (Å²) in [6, 6.07) is 27.8. The molecule has 46 heavy (non-hydrogen) atoms. The third kappa shape index (κ3) is 8.01. The first-order valence-electron chi connectivity index (χ1n) is 15.6. The minimum atomic E-state index is -4.19. The van der Waals surface area contributed by atoms with Crippen LogP contribution in [0.25, 0.3) is 0 Å². The van der Waals surface area contributed by atoms with Crippen LogP contribution >= 0.6 is 0 Å². The summed E-state index contributed by atoms with van der Waals surface area (Å²) >= 11 is 0. The van der Waals surface area contributed by atoms with E-state index in [0.717, 1.165) is 41.1 Å². The summed E-state index contributed by atoms with van der Waals surface area (Å²) in [7, 11) is -4.19. The highest BCUT2D eigenvalue weighted by Crippen LogP contribution is 2.29. The van der Waals surface area contributed by atoms with E-state index in [1.54, 1.807) is 43.3 Å². The van der Waals surface area contributed by atoms with E-state index in [1.165, 1.54) is 29.2 Å². The van der Waals surface area contributed by atoms with Crippen molar-refractivity contribution in [2.75, 3.05) is 10.8 Å². The minimum Gasteiger partial charge on any atom is -0.352 e. The zero-order valence-corrected chi connectivity index (χ0v) is 27.0. The number of halogens is 1. The highest BCUT2D eigenvalue weighted by Gasteiger charge is 2.36. The van der Waals surface area contributed by atoms with Crippen molar-refractivity contribution in [3.05, 3.63) is 131 Å². The molecule has 4 aromatic carbocycles. The molecule has 9 heteroatoms. The van der Waals surface area contributed by atoms with Crippen molar-refractivity contribution < 1.29 is 22.4 Å². The van der Waals surface area contributed by atoms with Gasteiger partial charge < -0.3 is 10.2 Å². The maximum Gasteiger partial charge on any atom is 0.264 e. The Hall–Kier alpha value is -4.50. The molecule has 2 amide bonds. The molecule has 1 fully saturated rings. The molecule has 4 aromatic rings. The number of amides is 2. The number of sulfonamides is 1. The SMILES string of the molecule is Cc1ccc(C)c(N(CC(=O)N(Cc2ccc(F)cc2)[C@H](Cc2ccccc2)C(=O)NC2CCCC2)S(=O)(=O)c2ccccc2)c1. The molecule has 0 saturated heterocycles. The Morgan fingerprint density at radius 2 is 1.48 bits per heavy atom. The van der Waals surface area contributed by atoms with Gasteiger partial charge in [-0.05, 0) is 79.3 Å². The van der Waals surface area contributed by atoms with Crippen LogP contribution < -0.4 is 9.62 Å². The summed E-state index contributed by atoms with van der Waals surface area (Å²) in [4.78, 5) is 30.2. The predicted octanol–water partition coefficient (Wildman–Crippen LogP) is 6.34. The van der Waals surface area contributed by atoms with Crippen molar-refractivity contribution in [2.45, 2.75) is 69.5 Å². The van der Waals surface area contributed by atoms with E-state index < -0.39 is 34.3 Å². The number of rotatable bonds is 12. The van der Waals surface area contributed by atoms with E-state index in [9.17, 15) is 22.4 Å². The lowest BCUT2D eigenvalue weighted by Crippen LogP contribution is -2.54. The molecule has 1 N–H and O–H groups in total. The Morgan fingerprint density at radius 3 is 2.13 bits per heavy atom. The van der Waals surface area contributed by atoms with Gasteiger partial charge in [-0.15, -0.1) is 0 Å². The smallest absolute Gasteiger partial charge is 0.264 e. The first-order chi connectivity index (χ1) is 22.1. The van der Waals surface area contributed by atoms with Gasteiger partial charge in [-0.3, -0.25) is 13.9 Å². The molecule has 0 spiro atoms. The first-order valence-corrected chi connectivity index (χ1v) is 17.1. The van der Waals surface area contributed by atoms with E-state index in [1.807, 2.05) is 49.4 Å². The van der Waals surface area contributed by atoms with E-state index in [4.69, 9.17) is 0 Å². The fourth-order valence-electron chi connectivity index (χ4n) is 5.93. The average molecular weight is 642 g/mol. The monoisotopic (exact) mass is 641 g/mol. The van der Waals surface area contributed by atoms with Crippen LogP contribution in [0.1, 0.15) is 47.9 Å². The Morgan fingerprint density at radius 1 is 0.848 bits per heavy atom. The Balaban J connectivity index is 1.58. The summed E-state index contributed by atoms with van der Waals surface area (Å²) in [5.74, 6) is -1.26. The Bertz CT molecular complexity index is 1740. The van der Waals surface area contributed by atoms with Crippen molar-refractivity contribution in [2.24, 2.45) is 0 Å². The molecule has 1 saturated carbocycles. The highest BCUT2D eigenvalue weighted by atomic mass is 32.2. The molecule has 1 aliphatic carbocycles. The quantitative estimate of drug-likeness (QED) is 0.196. The van der Waals surface area contributed by atoms with Gasteiger partial charge in [0.05, 0.1) is 10.6 Å². The van der Waals surface area contributed by atoms with Crippen molar-refractivity contribution in [3.8, 4) is 0 Å². The summed E-state index contributed by atoms with van der Waals surface area (Å²) in [5, 5.41) is 3.16. The average Bonchev–Trinajstić information content (AvgIpc) is 3.57. The van der Waals surface area contributed by atoms with Gasteiger partial charge in [-0.1, -0.05) is 85.6 Å². The molecule has 240 valence electrons. The van der Waals surface area contributed by atoms with Crippen LogP contribution in [0.15, 0.2) is 108 Å². The minimum absolute atomic E-state index is 0.0125. The maximum atomic E-state index is 14.6. The molecule has 7 nitrogen and oxygen atoms in total. The van der Waals surface area contributed by atoms with Gasteiger partial charge in [0.2, 0.25) is 11.8 Å². The van der Waals surface area contributed by atoms with Crippen molar-refractivity contribution in [3.63, 3.8) is 0 Å². The van der Waals surface area contributed by atoms with Gasteiger partial charge in [0.15, 0.2) is 0 Å². The first kappa shape index (κ1) is 32.9. The highest BCUT2D eigenvalue weighted by molar-refractivity contribution is 7.92. The van der Waals surface area contributed by atoms with Gasteiger partial charge >= 0.3 is 0 Å². The van der Waals surface area contributed by atoms with Gasteiger partial charge in [0.1, 0.15) is 18.4 Å². The topological polar surface area (TPSA) is 86.8 Å². The van der Waals surface area contributed by atoms with Gasteiger partial charge in [-0.25, -0.2) is 12.8 Å². The standard InChI is InChI=1S/C37H40FN3O4S/c1-27-17-18-28(2)34(23-27)41(46(44,45)33-15-7-4-8-16-33)26-36(42)40(25-30-19-21-31(38)22-20-30)35(24-29-11-5-3-6-12-29)37(43)39-32-13-9-10-14-32/h3-8,11-12,15-23,32,35H,9-10,13-14,24-26H2,1-2H3,(H,39,43)/t35-/m1/s1. The molecule has 0 aromatic heterocycles. The number of carbonyl (C=O) groups excluding carboxylic acids is 2. The lowest BCUT2D eigenvalue weighted by atomic mass is 10.0. The van der Waals surface area contributed by atoms with Crippen LogP contribution in [0, 0.1) is 19.7 Å². The molecule has 0 heterocycles. The van der Waals surface area contributed by atoms with Crippen molar-refractivity contribution in [1.29, 1.82) is 0 Å². The third-order valence-corrected chi connectivity index (χ3v) is 10.3. The molecule has 1 atom stereocenters. The lowest BCUT2D eigenvalue weighted by molar-refractivity contribution is -0.140. The number of nitrogens with one attached hydrogen (secondary N) is 1. The predicted molar refractivity (Wildman–Crippen MR) is 178 cm³/mol. The molecule has 1 aliphatic rings. The normalized spacial score (nSPS) is 14.1. The maximum absolute atomic E-state index is 14.6. The number of hydrogen-bond donors (Lipinski definition) is 1. The van der Waals surface area contributed by atoms with Crippen LogP contribution in [0.4, 0.5) is 10.1 Å². The molecule has 5 rings (SSSR count). The fourth-order valence-corrected chi connectivity index (χ4v) is 7.42. The van der Waals surface area contributed by atoms with Gasteiger partial charge in [-0.2, -0.15) is 0 Å². The fraction of sp³-hybridized carbons (Fsp3) is 0.297. The van der Waals surface area contributed by atoms with Crippen LogP contribution in [0.2, 0.25) is 0 Å². The number of nitrogens with zero attached hydrogens (tertiary/aromatic N) is 2. The zero-order chi connectivity index (χ0) is 32.7. The van der Waals surface area contributed by atoms with E-state index in [2.05, 4.69) is 5.32 Å². The largest absolute Gasteiger partial charge is 0.352 e. The summed E-state index contributed by atoms with van der Waals surface area (Å²) < 4.78 is 43.4.